The number of esters is 1. The van der Waals surface area contributed by atoms with Gasteiger partial charge in [0.2, 0.25) is 0 Å². The molecule has 0 unspecified atom stereocenters. The van der Waals surface area contributed by atoms with Gasteiger partial charge < -0.3 is 4.74 Å². The fourth-order valence-corrected chi connectivity index (χ4v) is 1.60. The van der Waals surface area contributed by atoms with E-state index in [-0.39, 0.29) is 11.4 Å². The Labute approximate surface area is 103 Å². The first kappa shape index (κ1) is 13.5. The second kappa shape index (κ2) is 5.17. The van der Waals surface area contributed by atoms with E-state index < -0.39 is 0 Å². The van der Waals surface area contributed by atoms with Crippen molar-refractivity contribution in [3.05, 3.63) is 41.5 Å². The predicted octanol–water partition coefficient (Wildman–Crippen LogP) is 3.77. The molecule has 17 heavy (non-hydrogen) atoms. The molecule has 0 radical (unpaired) electrons. The lowest BCUT2D eigenvalue weighted by Gasteiger charge is -2.22. The molecule has 0 aliphatic carbocycles. The first-order valence-corrected chi connectivity index (χ1v) is 5.80. The van der Waals surface area contributed by atoms with Crippen molar-refractivity contribution in [2.45, 2.75) is 40.0 Å². The zero-order valence-electron chi connectivity index (χ0n) is 11.2. The van der Waals surface area contributed by atoms with Crippen molar-refractivity contribution in [2.75, 3.05) is 0 Å². The van der Waals surface area contributed by atoms with Crippen molar-refractivity contribution in [1.29, 1.82) is 0 Å². The highest BCUT2D eigenvalue weighted by molar-refractivity contribution is 5.84. The Balaban J connectivity index is 3.11. The average Bonchev–Trinajstić information content (AvgIpc) is 2.19. The molecule has 0 atom stereocenters. The minimum Gasteiger partial charge on any atom is -0.423 e. The minimum atomic E-state index is -0.332. The highest BCUT2D eigenvalue weighted by Crippen LogP contribution is 2.32. The van der Waals surface area contributed by atoms with Gasteiger partial charge in [-0.1, -0.05) is 44.5 Å². The van der Waals surface area contributed by atoms with Gasteiger partial charge in [-0.3, -0.25) is 0 Å². The normalized spacial score (nSPS) is 11.8. The summed E-state index contributed by atoms with van der Waals surface area (Å²) in [6.45, 7) is 10.1. The molecule has 0 heterocycles. The Kier molecular flexibility index (Phi) is 4.11. The molecule has 92 valence electrons. The van der Waals surface area contributed by atoms with Gasteiger partial charge in [-0.05, 0) is 25.3 Å². The predicted molar refractivity (Wildman–Crippen MR) is 70.3 cm³/mol. The van der Waals surface area contributed by atoms with E-state index >= 15 is 0 Å². The topological polar surface area (TPSA) is 26.3 Å². The summed E-state index contributed by atoms with van der Waals surface area (Å²) in [6.07, 6.45) is 3.10. The molecule has 0 aliphatic rings. The van der Waals surface area contributed by atoms with E-state index in [0.29, 0.717) is 5.75 Å². The molecule has 2 heteroatoms. The number of carbonyl (C=O) groups excluding carboxylic acids is 1. The largest absolute Gasteiger partial charge is 0.423 e. The molecule has 0 saturated heterocycles. The van der Waals surface area contributed by atoms with Crippen molar-refractivity contribution in [2.24, 2.45) is 0 Å². The van der Waals surface area contributed by atoms with Gasteiger partial charge in [0.25, 0.3) is 0 Å². The summed E-state index contributed by atoms with van der Waals surface area (Å²) in [5.74, 6) is 0.313. The van der Waals surface area contributed by atoms with E-state index in [1.807, 2.05) is 19.1 Å². The molecule has 2 nitrogen and oxygen atoms in total. The molecular weight excluding hydrogens is 212 g/mol. The van der Waals surface area contributed by atoms with E-state index in [1.165, 1.54) is 11.6 Å². The molecule has 0 amide bonds. The number of aryl methyl sites for hydroxylation is 1. The molecular formula is C15H20O2. The summed E-state index contributed by atoms with van der Waals surface area (Å²) in [7, 11) is 0. The van der Waals surface area contributed by atoms with Gasteiger partial charge in [0.15, 0.2) is 0 Å². The van der Waals surface area contributed by atoms with Crippen molar-refractivity contribution in [3.63, 3.8) is 0 Å². The van der Waals surface area contributed by atoms with Gasteiger partial charge in [0.1, 0.15) is 5.75 Å². The fourth-order valence-electron chi connectivity index (χ4n) is 1.60. The second-order valence-corrected chi connectivity index (χ2v) is 5.17. The molecule has 0 aromatic heterocycles. The minimum absolute atomic E-state index is 0.0441. The van der Waals surface area contributed by atoms with Crippen molar-refractivity contribution < 1.29 is 9.53 Å². The first-order valence-electron chi connectivity index (χ1n) is 5.80. The lowest BCUT2D eigenvalue weighted by molar-refractivity contribution is -0.129. The molecule has 0 N–H and O–H groups in total. The number of rotatable bonds is 2. The second-order valence-electron chi connectivity index (χ2n) is 5.17. The molecule has 1 aromatic rings. The van der Waals surface area contributed by atoms with Crippen LogP contribution in [0.15, 0.2) is 30.4 Å². The Morgan fingerprint density at radius 3 is 2.47 bits per heavy atom. The standard InChI is InChI=1S/C15H20O2/c1-6-7-14(16)17-13-9-8-11(2)10-12(13)15(3,4)5/h6-10H,1-5H3/b7-6+. The maximum atomic E-state index is 11.5. The number of carbonyl (C=O) groups is 1. The highest BCUT2D eigenvalue weighted by atomic mass is 16.5. The Morgan fingerprint density at radius 1 is 1.29 bits per heavy atom. The summed E-state index contributed by atoms with van der Waals surface area (Å²) < 4.78 is 5.34. The summed E-state index contributed by atoms with van der Waals surface area (Å²) in [5.41, 5.74) is 2.17. The van der Waals surface area contributed by atoms with Gasteiger partial charge in [-0.2, -0.15) is 0 Å². The van der Waals surface area contributed by atoms with Crippen LogP contribution in [0, 0.1) is 6.92 Å². The summed E-state index contributed by atoms with van der Waals surface area (Å²) in [5, 5.41) is 0. The van der Waals surface area contributed by atoms with Crippen LogP contribution in [0.3, 0.4) is 0 Å². The van der Waals surface area contributed by atoms with Crippen molar-refractivity contribution in [3.8, 4) is 5.75 Å². The van der Waals surface area contributed by atoms with Gasteiger partial charge in [0, 0.05) is 11.6 Å². The average molecular weight is 232 g/mol. The number of benzene rings is 1. The SMILES string of the molecule is C/C=C/C(=O)Oc1ccc(C)cc1C(C)(C)C. The third-order valence-corrected chi connectivity index (χ3v) is 2.46. The number of allylic oxidation sites excluding steroid dienone is 1. The molecule has 0 spiro atoms. The lowest BCUT2D eigenvalue weighted by atomic mass is 9.85. The Hall–Kier alpha value is -1.57. The van der Waals surface area contributed by atoms with Crippen LogP contribution in [0.1, 0.15) is 38.8 Å². The van der Waals surface area contributed by atoms with Crippen molar-refractivity contribution >= 4 is 5.97 Å². The third kappa shape index (κ3) is 3.74. The van der Waals surface area contributed by atoms with E-state index in [1.54, 1.807) is 13.0 Å². The molecule has 0 bridgehead atoms. The molecule has 0 saturated carbocycles. The van der Waals surface area contributed by atoms with Crippen LogP contribution in [0.4, 0.5) is 0 Å². The fraction of sp³-hybridized carbons (Fsp3) is 0.400. The highest BCUT2D eigenvalue weighted by Gasteiger charge is 2.20. The zero-order chi connectivity index (χ0) is 13.1. The third-order valence-electron chi connectivity index (χ3n) is 2.46. The monoisotopic (exact) mass is 232 g/mol. The van der Waals surface area contributed by atoms with Gasteiger partial charge in [-0.15, -0.1) is 0 Å². The van der Waals surface area contributed by atoms with Crippen LogP contribution < -0.4 is 4.74 Å². The van der Waals surface area contributed by atoms with Crippen LogP contribution in [0.5, 0.6) is 5.75 Å². The van der Waals surface area contributed by atoms with Crippen LogP contribution in [-0.2, 0) is 10.2 Å². The summed E-state index contributed by atoms with van der Waals surface area (Å²) in [6, 6.07) is 5.88. The smallest absolute Gasteiger partial charge is 0.335 e. The molecule has 0 aliphatic heterocycles. The van der Waals surface area contributed by atoms with E-state index in [2.05, 4.69) is 26.8 Å². The van der Waals surface area contributed by atoms with Crippen molar-refractivity contribution in [1.82, 2.24) is 0 Å². The van der Waals surface area contributed by atoms with Crippen LogP contribution in [0.2, 0.25) is 0 Å². The van der Waals surface area contributed by atoms with Gasteiger partial charge in [-0.25, -0.2) is 4.79 Å². The first-order chi connectivity index (χ1) is 7.84. The Morgan fingerprint density at radius 2 is 1.94 bits per heavy atom. The number of hydrogen-bond donors (Lipinski definition) is 0. The zero-order valence-corrected chi connectivity index (χ0v) is 11.2. The van der Waals surface area contributed by atoms with E-state index in [4.69, 9.17) is 4.74 Å². The number of hydrogen-bond acceptors (Lipinski definition) is 2. The number of ether oxygens (including phenoxy) is 1. The quantitative estimate of drug-likeness (QED) is 0.441. The van der Waals surface area contributed by atoms with Gasteiger partial charge >= 0.3 is 5.97 Å². The molecule has 1 aromatic carbocycles. The van der Waals surface area contributed by atoms with Gasteiger partial charge in [0.05, 0.1) is 0 Å². The summed E-state index contributed by atoms with van der Waals surface area (Å²) >= 11 is 0. The maximum Gasteiger partial charge on any atom is 0.335 e. The van der Waals surface area contributed by atoms with Crippen LogP contribution in [0.25, 0.3) is 0 Å². The molecule has 0 fully saturated rings. The van der Waals surface area contributed by atoms with E-state index in [0.717, 1.165) is 5.56 Å². The van der Waals surface area contributed by atoms with Crippen LogP contribution >= 0.6 is 0 Å². The lowest BCUT2D eigenvalue weighted by Crippen LogP contribution is -2.15. The van der Waals surface area contributed by atoms with Crippen LogP contribution in [-0.4, -0.2) is 5.97 Å². The van der Waals surface area contributed by atoms with E-state index in [9.17, 15) is 4.79 Å². The maximum absolute atomic E-state index is 11.5. The molecule has 1 rings (SSSR count). The summed E-state index contributed by atoms with van der Waals surface area (Å²) in [4.78, 5) is 11.5. The Bertz CT molecular complexity index is 437.